The summed E-state index contributed by atoms with van der Waals surface area (Å²) in [4.78, 5) is 0. The Balaban J connectivity index is 0.00000208. The second-order valence-electron chi connectivity index (χ2n) is 6.10. The highest BCUT2D eigenvalue weighted by molar-refractivity contribution is 5.85. The standard InChI is InChI=1S/C16H15F6N.ClH/c17-11-3-1-10(12(9-11)16(20,21)22)2-4-13-14(15(13,18)19)5-7-23-8-6-14;/h1-4,9,13,23H,5-8H2;1H/b4-2+;. The smallest absolute Gasteiger partial charge is 0.317 e. The van der Waals surface area contributed by atoms with E-state index in [1.165, 1.54) is 0 Å². The topological polar surface area (TPSA) is 12.0 Å². The van der Waals surface area contributed by atoms with Gasteiger partial charge in [-0.05, 0) is 43.6 Å². The second-order valence-corrected chi connectivity index (χ2v) is 6.10. The number of benzene rings is 1. The third-order valence-corrected chi connectivity index (χ3v) is 4.85. The zero-order valence-electron chi connectivity index (χ0n) is 12.5. The van der Waals surface area contributed by atoms with Crippen LogP contribution in [0.2, 0.25) is 0 Å². The third kappa shape index (κ3) is 3.04. The van der Waals surface area contributed by atoms with E-state index in [-0.39, 0.29) is 18.0 Å². The Hall–Kier alpha value is -1.21. The first-order valence-corrected chi connectivity index (χ1v) is 7.32. The Bertz CT molecular complexity index is 634. The molecule has 1 atom stereocenters. The van der Waals surface area contributed by atoms with Gasteiger partial charge in [0.1, 0.15) is 5.82 Å². The number of halogens is 7. The van der Waals surface area contributed by atoms with Gasteiger partial charge in [-0.1, -0.05) is 18.2 Å². The van der Waals surface area contributed by atoms with Gasteiger partial charge in [-0.25, -0.2) is 13.2 Å². The molecule has 24 heavy (non-hydrogen) atoms. The van der Waals surface area contributed by atoms with E-state index in [9.17, 15) is 26.3 Å². The van der Waals surface area contributed by atoms with Crippen LogP contribution in [0.25, 0.3) is 6.08 Å². The lowest BCUT2D eigenvalue weighted by Gasteiger charge is -2.22. The largest absolute Gasteiger partial charge is 0.417 e. The highest BCUT2D eigenvalue weighted by Crippen LogP contribution is 2.70. The minimum Gasteiger partial charge on any atom is -0.317 e. The molecule has 0 radical (unpaired) electrons. The second kappa shape index (κ2) is 6.26. The van der Waals surface area contributed by atoms with E-state index < -0.39 is 34.8 Å². The van der Waals surface area contributed by atoms with Gasteiger partial charge in [0.05, 0.1) is 11.5 Å². The van der Waals surface area contributed by atoms with Gasteiger partial charge in [-0.3, -0.25) is 0 Å². The number of hydrogen-bond acceptors (Lipinski definition) is 1. The van der Waals surface area contributed by atoms with E-state index in [4.69, 9.17) is 0 Å². The Labute approximate surface area is 141 Å². The fourth-order valence-electron chi connectivity index (χ4n) is 3.48. The molecule has 3 rings (SSSR count). The van der Waals surface area contributed by atoms with Crippen molar-refractivity contribution in [2.75, 3.05) is 13.1 Å². The maximum atomic E-state index is 14.1. The first-order chi connectivity index (χ1) is 10.7. The highest BCUT2D eigenvalue weighted by atomic mass is 35.5. The van der Waals surface area contributed by atoms with Gasteiger partial charge in [-0.2, -0.15) is 13.2 Å². The lowest BCUT2D eigenvalue weighted by Crippen LogP contribution is -2.32. The molecule has 1 aliphatic carbocycles. The SMILES string of the molecule is Cl.Fc1ccc(/C=C/C2C(F)(F)C23CCNCC3)c(C(F)(F)F)c1. The number of alkyl halides is 5. The van der Waals surface area contributed by atoms with Gasteiger partial charge >= 0.3 is 6.18 Å². The Kier molecular flexibility index (Phi) is 4.99. The van der Waals surface area contributed by atoms with Crippen LogP contribution in [0.4, 0.5) is 26.3 Å². The van der Waals surface area contributed by atoms with Crippen molar-refractivity contribution in [2.24, 2.45) is 11.3 Å². The summed E-state index contributed by atoms with van der Waals surface area (Å²) in [5.41, 5.74) is -2.60. The fraction of sp³-hybridized carbons (Fsp3) is 0.500. The normalized spacial score (nSPS) is 24.8. The molecule has 1 saturated carbocycles. The average Bonchev–Trinajstić information content (AvgIpc) is 2.91. The number of nitrogens with one attached hydrogen (secondary N) is 1. The van der Waals surface area contributed by atoms with E-state index in [0.717, 1.165) is 24.3 Å². The van der Waals surface area contributed by atoms with Gasteiger partial charge in [-0.15, -0.1) is 12.4 Å². The molecule has 1 saturated heterocycles. The Morgan fingerprint density at radius 2 is 1.75 bits per heavy atom. The Morgan fingerprint density at radius 1 is 1.12 bits per heavy atom. The molecular formula is C16H16ClF6N. The number of rotatable bonds is 2. The number of hydrogen-bond donors (Lipinski definition) is 1. The van der Waals surface area contributed by atoms with Crippen molar-refractivity contribution in [3.05, 3.63) is 41.2 Å². The van der Waals surface area contributed by atoms with Crippen molar-refractivity contribution in [1.82, 2.24) is 5.32 Å². The van der Waals surface area contributed by atoms with E-state index in [1.807, 2.05) is 0 Å². The molecule has 1 unspecified atom stereocenters. The van der Waals surface area contributed by atoms with Crippen LogP contribution in [0.3, 0.4) is 0 Å². The van der Waals surface area contributed by atoms with Crippen molar-refractivity contribution < 1.29 is 26.3 Å². The fourth-order valence-corrected chi connectivity index (χ4v) is 3.48. The maximum Gasteiger partial charge on any atom is 0.417 e. The molecule has 1 aromatic rings. The Morgan fingerprint density at radius 3 is 2.33 bits per heavy atom. The quantitative estimate of drug-likeness (QED) is 0.728. The lowest BCUT2D eigenvalue weighted by molar-refractivity contribution is -0.137. The van der Waals surface area contributed by atoms with Gasteiger partial charge in [0, 0.05) is 5.41 Å². The van der Waals surface area contributed by atoms with Crippen LogP contribution in [-0.4, -0.2) is 19.0 Å². The molecule has 8 heteroatoms. The van der Waals surface area contributed by atoms with Crippen LogP contribution in [-0.2, 0) is 6.18 Å². The van der Waals surface area contributed by atoms with E-state index in [1.54, 1.807) is 0 Å². The van der Waals surface area contributed by atoms with Gasteiger partial charge in [0.25, 0.3) is 5.92 Å². The van der Waals surface area contributed by atoms with Crippen LogP contribution >= 0.6 is 12.4 Å². The predicted molar refractivity (Wildman–Crippen MR) is 80.7 cm³/mol. The summed E-state index contributed by atoms with van der Waals surface area (Å²) in [7, 11) is 0. The minimum atomic E-state index is -4.74. The van der Waals surface area contributed by atoms with Crippen LogP contribution in [0.1, 0.15) is 24.0 Å². The van der Waals surface area contributed by atoms with Crippen LogP contribution < -0.4 is 5.32 Å². The minimum absolute atomic E-state index is 0. The van der Waals surface area contributed by atoms with Crippen LogP contribution in [0.5, 0.6) is 0 Å². The van der Waals surface area contributed by atoms with Gasteiger partial charge in [0.15, 0.2) is 0 Å². The molecule has 1 spiro atoms. The summed E-state index contributed by atoms with van der Waals surface area (Å²) in [5, 5.41) is 3.00. The van der Waals surface area contributed by atoms with Gasteiger partial charge in [0.2, 0.25) is 0 Å². The van der Waals surface area contributed by atoms with Crippen molar-refractivity contribution in [3.8, 4) is 0 Å². The molecule has 134 valence electrons. The third-order valence-electron chi connectivity index (χ3n) is 4.85. The first-order valence-electron chi connectivity index (χ1n) is 7.32. The van der Waals surface area contributed by atoms with E-state index in [0.29, 0.717) is 32.0 Å². The zero-order chi connectivity index (χ0) is 16.9. The van der Waals surface area contributed by atoms with E-state index >= 15 is 0 Å². The molecule has 1 nitrogen and oxygen atoms in total. The van der Waals surface area contributed by atoms with Crippen molar-refractivity contribution in [1.29, 1.82) is 0 Å². The summed E-state index contributed by atoms with van der Waals surface area (Å²) in [6.07, 6.45) is -1.96. The molecule has 1 N–H and O–H groups in total. The number of piperidine rings is 1. The molecule has 0 bridgehead atoms. The molecule has 0 amide bonds. The van der Waals surface area contributed by atoms with E-state index in [2.05, 4.69) is 5.32 Å². The van der Waals surface area contributed by atoms with Crippen LogP contribution in [0.15, 0.2) is 24.3 Å². The first kappa shape index (κ1) is 19.1. The molecule has 1 aliphatic heterocycles. The van der Waals surface area contributed by atoms with Gasteiger partial charge < -0.3 is 5.32 Å². The maximum absolute atomic E-state index is 14.1. The number of allylic oxidation sites excluding steroid dienone is 1. The summed E-state index contributed by atoms with van der Waals surface area (Å²) in [6, 6.07) is 2.23. The lowest BCUT2D eigenvalue weighted by atomic mass is 9.91. The summed E-state index contributed by atoms with van der Waals surface area (Å²) in [5.74, 6) is -4.98. The summed E-state index contributed by atoms with van der Waals surface area (Å²) in [6.45, 7) is 0.953. The molecule has 1 aromatic carbocycles. The average molecular weight is 372 g/mol. The van der Waals surface area contributed by atoms with Crippen molar-refractivity contribution in [3.63, 3.8) is 0 Å². The summed E-state index contributed by atoms with van der Waals surface area (Å²) >= 11 is 0. The monoisotopic (exact) mass is 371 g/mol. The van der Waals surface area contributed by atoms with Crippen molar-refractivity contribution >= 4 is 18.5 Å². The predicted octanol–water partition coefficient (Wildman–Crippen LogP) is 4.91. The molecular weight excluding hydrogens is 356 g/mol. The van der Waals surface area contributed by atoms with Crippen molar-refractivity contribution in [2.45, 2.75) is 24.9 Å². The molecule has 2 fully saturated rings. The molecule has 2 aliphatic rings. The molecule has 0 aromatic heterocycles. The zero-order valence-corrected chi connectivity index (χ0v) is 13.3. The molecule has 1 heterocycles. The summed E-state index contributed by atoms with van der Waals surface area (Å²) < 4.78 is 79.9. The highest BCUT2D eigenvalue weighted by Gasteiger charge is 2.78. The van der Waals surface area contributed by atoms with Crippen LogP contribution in [0, 0.1) is 17.2 Å².